The predicted molar refractivity (Wildman–Crippen MR) is 132 cm³/mol. The smallest absolute Gasteiger partial charge is 0.322 e. The number of carbonyl (C=O) groups is 2. The Morgan fingerprint density at radius 1 is 1.30 bits per heavy atom. The third kappa shape index (κ3) is 5.72. The molecule has 1 saturated heterocycles. The maximum atomic E-state index is 13.1. The van der Waals surface area contributed by atoms with Gasteiger partial charge in [0.05, 0.1) is 17.2 Å². The van der Waals surface area contributed by atoms with Crippen molar-refractivity contribution >= 4 is 35.3 Å². The first kappa shape index (κ1) is 23.3. The highest BCUT2D eigenvalue weighted by Crippen LogP contribution is 2.31. The molecule has 2 heterocycles. The van der Waals surface area contributed by atoms with E-state index in [2.05, 4.69) is 23.3 Å². The summed E-state index contributed by atoms with van der Waals surface area (Å²) in [4.78, 5) is 30.3. The number of ether oxygens (including phenoxy) is 1. The van der Waals surface area contributed by atoms with Gasteiger partial charge in [0.2, 0.25) is 0 Å². The topological polar surface area (TPSA) is 71.5 Å². The Bertz CT molecular complexity index is 1020. The van der Waals surface area contributed by atoms with Crippen LogP contribution in [0, 0.1) is 5.92 Å². The molecule has 4 rings (SSSR count). The number of para-hydroxylation sites is 1. The summed E-state index contributed by atoms with van der Waals surface area (Å²) in [5, 5.41) is 3.90. The van der Waals surface area contributed by atoms with Gasteiger partial charge in [0.1, 0.15) is 12.4 Å². The van der Waals surface area contributed by atoms with Gasteiger partial charge < -0.3 is 19.7 Å². The van der Waals surface area contributed by atoms with E-state index in [4.69, 9.17) is 4.74 Å². The van der Waals surface area contributed by atoms with Gasteiger partial charge in [-0.1, -0.05) is 50.3 Å². The highest BCUT2D eigenvalue weighted by atomic mass is 32.2. The lowest BCUT2D eigenvalue weighted by molar-refractivity contribution is -0.110. The van der Waals surface area contributed by atoms with Gasteiger partial charge in [-0.15, -0.1) is 11.8 Å². The van der Waals surface area contributed by atoms with E-state index >= 15 is 0 Å². The molecule has 0 spiro atoms. The standard InChI is InChI=1S/C26H29N3O3S/c1-3-22-15-29(26(31)28-21-7-5-4-6-8-21)23-11-9-19(13-24(23)32-22)20-10-12-25(27-14-20)33-17-18(2)16-30/h4-14,16,18,22-24H,3,15,17H2,1-2H3,(H,28,31). The molecule has 1 fully saturated rings. The van der Waals surface area contributed by atoms with E-state index < -0.39 is 0 Å². The number of allylic oxidation sites excluding steroid dienone is 2. The van der Waals surface area contributed by atoms with Crippen LogP contribution in [0.2, 0.25) is 0 Å². The zero-order chi connectivity index (χ0) is 23.2. The monoisotopic (exact) mass is 463 g/mol. The van der Waals surface area contributed by atoms with Crippen LogP contribution < -0.4 is 5.32 Å². The van der Waals surface area contributed by atoms with Gasteiger partial charge in [-0.2, -0.15) is 0 Å². The van der Waals surface area contributed by atoms with Gasteiger partial charge in [-0.3, -0.25) is 0 Å². The maximum Gasteiger partial charge on any atom is 0.322 e. The van der Waals surface area contributed by atoms with Crippen molar-refractivity contribution in [2.45, 2.75) is 43.5 Å². The van der Waals surface area contributed by atoms with Crippen molar-refractivity contribution in [1.82, 2.24) is 9.88 Å². The summed E-state index contributed by atoms with van der Waals surface area (Å²) >= 11 is 1.58. The molecule has 0 saturated carbocycles. The van der Waals surface area contributed by atoms with Crippen LogP contribution in [0.1, 0.15) is 25.8 Å². The molecule has 1 aromatic carbocycles. The molecule has 2 amide bonds. The van der Waals surface area contributed by atoms with Crippen molar-refractivity contribution in [3.8, 4) is 0 Å². The van der Waals surface area contributed by atoms with E-state index in [1.54, 1.807) is 11.8 Å². The lowest BCUT2D eigenvalue weighted by atomic mass is 9.93. The molecule has 6 nitrogen and oxygen atoms in total. The Balaban J connectivity index is 1.47. The number of carbonyl (C=O) groups excluding carboxylic acids is 2. The molecule has 0 radical (unpaired) electrons. The van der Waals surface area contributed by atoms with Crippen molar-refractivity contribution in [3.63, 3.8) is 0 Å². The van der Waals surface area contributed by atoms with Crippen molar-refractivity contribution < 1.29 is 14.3 Å². The van der Waals surface area contributed by atoms with Crippen LogP contribution in [-0.4, -0.2) is 52.7 Å². The van der Waals surface area contributed by atoms with E-state index in [0.29, 0.717) is 6.54 Å². The summed E-state index contributed by atoms with van der Waals surface area (Å²) in [7, 11) is 0. The lowest BCUT2D eigenvalue weighted by Gasteiger charge is -2.43. The fourth-order valence-corrected chi connectivity index (χ4v) is 4.70. The third-order valence-electron chi connectivity index (χ3n) is 5.80. The third-order valence-corrected chi connectivity index (χ3v) is 7.03. The summed E-state index contributed by atoms with van der Waals surface area (Å²) in [6, 6.07) is 13.2. The second kappa shape index (κ2) is 10.8. The van der Waals surface area contributed by atoms with Gasteiger partial charge in [-0.25, -0.2) is 9.78 Å². The molecule has 1 aliphatic carbocycles. The number of rotatable bonds is 7. The number of benzene rings is 1. The molecular formula is C26H29N3O3S. The molecule has 7 heteroatoms. The molecule has 1 aliphatic heterocycles. The SMILES string of the molecule is CCC1CN(C(=O)Nc2ccccc2)C2C=CC(c3ccc(SCC(C)C=O)nc3)=CC2O1. The average molecular weight is 464 g/mol. The van der Waals surface area contributed by atoms with Crippen molar-refractivity contribution in [1.29, 1.82) is 0 Å². The zero-order valence-electron chi connectivity index (χ0n) is 18.9. The Morgan fingerprint density at radius 2 is 2.12 bits per heavy atom. The zero-order valence-corrected chi connectivity index (χ0v) is 19.7. The number of hydrogen-bond acceptors (Lipinski definition) is 5. The number of nitrogens with one attached hydrogen (secondary N) is 1. The Morgan fingerprint density at radius 3 is 2.82 bits per heavy atom. The summed E-state index contributed by atoms with van der Waals surface area (Å²) in [5.41, 5.74) is 2.81. The van der Waals surface area contributed by atoms with Crippen LogP contribution in [0.5, 0.6) is 0 Å². The highest BCUT2D eigenvalue weighted by Gasteiger charge is 2.38. The van der Waals surface area contributed by atoms with Crippen LogP contribution in [-0.2, 0) is 9.53 Å². The van der Waals surface area contributed by atoms with E-state index in [0.717, 1.165) is 40.3 Å². The molecular weight excluding hydrogens is 434 g/mol. The Kier molecular flexibility index (Phi) is 7.62. The van der Waals surface area contributed by atoms with Gasteiger partial charge in [-0.05, 0) is 41.8 Å². The summed E-state index contributed by atoms with van der Waals surface area (Å²) < 4.78 is 6.32. The maximum absolute atomic E-state index is 13.1. The molecule has 2 aromatic rings. The van der Waals surface area contributed by atoms with E-state index in [1.807, 2.05) is 72.6 Å². The molecule has 0 bridgehead atoms. The first-order chi connectivity index (χ1) is 16.1. The van der Waals surface area contributed by atoms with Crippen molar-refractivity contribution in [2.75, 3.05) is 17.6 Å². The predicted octanol–water partition coefficient (Wildman–Crippen LogP) is 5.04. The number of urea groups is 1. The van der Waals surface area contributed by atoms with Crippen LogP contribution in [0.3, 0.4) is 0 Å². The summed E-state index contributed by atoms with van der Waals surface area (Å²) in [6.45, 7) is 4.53. The minimum Gasteiger partial charge on any atom is -0.367 e. The number of nitrogens with zero attached hydrogens (tertiary/aromatic N) is 2. The van der Waals surface area contributed by atoms with Crippen molar-refractivity contribution in [3.05, 3.63) is 72.5 Å². The largest absolute Gasteiger partial charge is 0.367 e. The van der Waals surface area contributed by atoms with E-state index in [1.165, 1.54) is 0 Å². The first-order valence-corrected chi connectivity index (χ1v) is 12.3. The van der Waals surface area contributed by atoms with Crippen LogP contribution in [0.15, 0.2) is 71.9 Å². The van der Waals surface area contributed by atoms with Crippen molar-refractivity contribution in [2.24, 2.45) is 5.92 Å². The van der Waals surface area contributed by atoms with Crippen LogP contribution >= 0.6 is 11.8 Å². The second-order valence-electron chi connectivity index (χ2n) is 8.36. The number of pyridine rings is 1. The average Bonchev–Trinajstić information content (AvgIpc) is 2.87. The molecule has 4 atom stereocenters. The molecule has 4 unspecified atom stereocenters. The van der Waals surface area contributed by atoms with Crippen LogP contribution in [0.25, 0.3) is 5.57 Å². The van der Waals surface area contributed by atoms with E-state index in [9.17, 15) is 9.59 Å². The number of morpholine rings is 1. The number of thioether (sulfide) groups is 1. The van der Waals surface area contributed by atoms with Gasteiger partial charge in [0, 0.05) is 30.1 Å². The molecule has 33 heavy (non-hydrogen) atoms. The summed E-state index contributed by atoms with van der Waals surface area (Å²) in [5.74, 6) is 0.726. The first-order valence-electron chi connectivity index (χ1n) is 11.3. The van der Waals surface area contributed by atoms with Crippen LogP contribution in [0.4, 0.5) is 10.5 Å². The van der Waals surface area contributed by atoms with Gasteiger partial charge in [0.25, 0.3) is 0 Å². The Hall–Kier alpha value is -2.90. The number of hydrogen-bond donors (Lipinski definition) is 1. The normalized spacial score (nSPS) is 22.8. The minimum atomic E-state index is -0.215. The quantitative estimate of drug-likeness (QED) is 0.460. The number of aldehydes is 1. The fraction of sp³-hybridized carbons (Fsp3) is 0.346. The Labute approximate surface area is 199 Å². The van der Waals surface area contributed by atoms with Gasteiger partial charge in [0.15, 0.2) is 0 Å². The minimum absolute atomic E-state index is 0.00870. The molecule has 172 valence electrons. The lowest BCUT2D eigenvalue weighted by Crippen LogP contribution is -2.57. The molecule has 1 N–H and O–H groups in total. The number of amides is 2. The second-order valence-corrected chi connectivity index (χ2v) is 9.40. The number of fused-ring (bicyclic) bond motifs is 1. The summed E-state index contributed by atoms with van der Waals surface area (Å²) in [6.07, 6.45) is 9.59. The fourth-order valence-electron chi connectivity index (χ4n) is 3.90. The number of aromatic nitrogens is 1. The highest BCUT2D eigenvalue weighted by molar-refractivity contribution is 7.99. The van der Waals surface area contributed by atoms with E-state index in [-0.39, 0.29) is 30.2 Å². The molecule has 2 aliphatic rings. The number of anilines is 1. The molecule has 1 aromatic heterocycles. The van der Waals surface area contributed by atoms with Gasteiger partial charge >= 0.3 is 6.03 Å².